The number of imidazole rings is 1. The van der Waals surface area contributed by atoms with Crippen molar-refractivity contribution in [3.8, 4) is 5.75 Å². The van der Waals surface area contributed by atoms with Gasteiger partial charge in [-0.15, -0.1) is 0 Å². The molecule has 0 saturated heterocycles. The summed E-state index contributed by atoms with van der Waals surface area (Å²) in [6.45, 7) is 5.46. The van der Waals surface area contributed by atoms with Crippen molar-refractivity contribution in [3.63, 3.8) is 0 Å². The van der Waals surface area contributed by atoms with Crippen molar-refractivity contribution >= 4 is 11.7 Å². The van der Waals surface area contributed by atoms with Crippen LogP contribution in [0.3, 0.4) is 0 Å². The maximum Gasteiger partial charge on any atom is 0.310 e. The number of esters is 1. The molecule has 2 rings (SSSR count). The summed E-state index contributed by atoms with van der Waals surface area (Å²) in [5.41, 5.74) is 2.03. The first-order valence-electron chi connectivity index (χ1n) is 7.47. The maximum atomic E-state index is 11.2. The Labute approximate surface area is 130 Å². The molecule has 0 radical (unpaired) electrons. The highest BCUT2D eigenvalue weighted by molar-refractivity contribution is 5.98. The Kier molecular flexibility index (Phi) is 5.89. The molecule has 2 aromatic rings. The summed E-state index contributed by atoms with van der Waals surface area (Å²) in [5.74, 6) is 0.348. The third-order valence-corrected chi connectivity index (χ3v) is 3.28. The van der Waals surface area contributed by atoms with Gasteiger partial charge in [0.15, 0.2) is 0 Å². The van der Waals surface area contributed by atoms with Crippen molar-refractivity contribution in [2.24, 2.45) is 4.99 Å². The highest BCUT2D eigenvalue weighted by atomic mass is 16.5. The van der Waals surface area contributed by atoms with Crippen LogP contribution in [0, 0.1) is 0 Å². The molecule has 5 nitrogen and oxygen atoms in total. The van der Waals surface area contributed by atoms with Crippen molar-refractivity contribution in [2.75, 3.05) is 6.54 Å². The molecule has 0 aliphatic rings. The lowest BCUT2D eigenvalue weighted by atomic mass is 10.1. The second-order valence-electron chi connectivity index (χ2n) is 4.97. The summed E-state index contributed by atoms with van der Waals surface area (Å²) in [7, 11) is 0. The zero-order chi connectivity index (χ0) is 15.8. The minimum Gasteiger partial charge on any atom is -0.427 e. The molecule has 0 fully saturated rings. The summed E-state index contributed by atoms with van der Waals surface area (Å²) < 4.78 is 7.19. The van der Waals surface area contributed by atoms with Crippen LogP contribution < -0.4 is 4.74 Å². The molecule has 0 atom stereocenters. The molecule has 0 spiro atoms. The number of aryl methyl sites for hydroxylation is 1. The van der Waals surface area contributed by atoms with Gasteiger partial charge in [0, 0.05) is 37.6 Å². The number of rotatable bonds is 7. The SMILES string of the molecule is CCC(=O)Oc1ccc(/C(C)=N/CCCn2ccnc2)cc1. The number of hydrogen-bond acceptors (Lipinski definition) is 4. The predicted molar refractivity (Wildman–Crippen MR) is 86.3 cm³/mol. The Morgan fingerprint density at radius 1 is 1.32 bits per heavy atom. The summed E-state index contributed by atoms with van der Waals surface area (Å²) in [4.78, 5) is 19.8. The van der Waals surface area contributed by atoms with Gasteiger partial charge in [-0.1, -0.05) is 6.92 Å². The lowest BCUT2D eigenvalue weighted by Crippen LogP contribution is -2.05. The fourth-order valence-corrected chi connectivity index (χ4v) is 1.98. The number of carbonyl (C=O) groups excluding carboxylic acids is 1. The molecule has 1 aromatic carbocycles. The number of aromatic nitrogens is 2. The van der Waals surface area contributed by atoms with E-state index in [0.717, 1.165) is 30.8 Å². The van der Waals surface area contributed by atoms with Crippen LogP contribution >= 0.6 is 0 Å². The molecular formula is C17H21N3O2. The van der Waals surface area contributed by atoms with Crippen LogP contribution in [0.5, 0.6) is 5.75 Å². The molecule has 116 valence electrons. The average molecular weight is 299 g/mol. The van der Waals surface area contributed by atoms with E-state index >= 15 is 0 Å². The quantitative estimate of drug-likeness (QED) is 0.342. The van der Waals surface area contributed by atoms with E-state index in [1.54, 1.807) is 25.3 Å². The Balaban J connectivity index is 1.84. The molecule has 22 heavy (non-hydrogen) atoms. The molecule has 5 heteroatoms. The van der Waals surface area contributed by atoms with E-state index in [9.17, 15) is 4.79 Å². The van der Waals surface area contributed by atoms with Crippen LogP contribution in [0.1, 0.15) is 32.3 Å². The largest absolute Gasteiger partial charge is 0.427 e. The zero-order valence-corrected chi connectivity index (χ0v) is 13.0. The molecule has 0 aliphatic heterocycles. The van der Waals surface area contributed by atoms with Gasteiger partial charge in [0.1, 0.15) is 5.75 Å². The Morgan fingerprint density at radius 2 is 2.09 bits per heavy atom. The van der Waals surface area contributed by atoms with Crippen molar-refractivity contribution in [1.29, 1.82) is 0 Å². The van der Waals surface area contributed by atoms with E-state index in [1.807, 2.05) is 36.1 Å². The molecule has 1 aromatic heterocycles. The average Bonchev–Trinajstić information content (AvgIpc) is 3.05. The van der Waals surface area contributed by atoms with Gasteiger partial charge in [0.2, 0.25) is 0 Å². The molecule has 0 N–H and O–H groups in total. The monoisotopic (exact) mass is 299 g/mol. The van der Waals surface area contributed by atoms with Gasteiger partial charge in [0.25, 0.3) is 0 Å². The summed E-state index contributed by atoms with van der Waals surface area (Å²) in [5, 5.41) is 0. The fraction of sp³-hybridized carbons (Fsp3) is 0.353. The van der Waals surface area contributed by atoms with E-state index in [1.165, 1.54) is 0 Å². The number of ether oxygens (including phenoxy) is 1. The molecule has 0 aliphatic carbocycles. The molecular weight excluding hydrogens is 278 g/mol. The van der Waals surface area contributed by atoms with Gasteiger partial charge >= 0.3 is 5.97 Å². The van der Waals surface area contributed by atoms with E-state index in [2.05, 4.69) is 9.98 Å². The Morgan fingerprint density at radius 3 is 2.73 bits per heavy atom. The third kappa shape index (κ3) is 4.84. The second kappa shape index (κ2) is 8.12. The highest BCUT2D eigenvalue weighted by Crippen LogP contribution is 2.13. The second-order valence-corrected chi connectivity index (χ2v) is 4.97. The van der Waals surface area contributed by atoms with E-state index < -0.39 is 0 Å². The molecule has 1 heterocycles. The topological polar surface area (TPSA) is 56.5 Å². The lowest BCUT2D eigenvalue weighted by Gasteiger charge is -2.05. The van der Waals surface area contributed by atoms with Gasteiger partial charge < -0.3 is 9.30 Å². The van der Waals surface area contributed by atoms with Crippen LogP contribution in [-0.4, -0.2) is 27.8 Å². The Bertz CT molecular complexity index is 616. The van der Waals surface area contributed by atoms with Gasteiger partial charge in [-0.05, 0) is 43.2 Å². The minimum absolute atomic E-state index is 0.224. The van der Waals surface area contributed by atoms with Crippen molar-refractivity contribution in [1.82, 2.24) is 9.55 Å². The smallest absolute Gasteiger partial charge is 0.310 e. The van der Waals surface area contributed by atoms with Gasteiger partial charge in [-0.2, -0.15) is 0 Å². The number of hydrogen-bond donors (Lipinski definition) is 0. The summed E-state index contributed by atoms with van der Waals surface area (Å²) in [6.07, 6.45) is 6.89. The van der Waals surface area contributed by atoms with E-state index in [-0.39, 0.29) is 5.97 Å². The number of aliphatic imine (C=N–C) groups is 1. The first-order chi connectivity index (χ1) is 10.7. The third-order valence-electron chi connectivity index (χ3n) is 3.28. The molecule has 0 amide bonds. The predicted octanol–water partition coefficient (Wildman–Crippen LogP) is 3.10. The maximum absolute atomic E-state index is 11.2. The molecule has 0 unspecified atom stereocenters. The van der Waals surface area contributed by atoms with Crippen LogP contribution in [-0.2, 0) is 11.3 Å². The van der Waals surface area contributed by atoms with Crippen molar-refractivity contribution in [3.05, 3.63) is 48.5 Å². The van der Waals surface area contributed by atoms with Crippen LogP contribution in [0.2, 0.25) is 0 Å². The van der Waals surface area contributed by atoms with Crippen LogP contribution in [0.25, 0.3) is 0 Å². The van der Waals surface area contributed by atoms with Crippen molar-refractivity contribution < 1.29 is 9.53 Å². The van der Waals surface area contributed by atoms with Gasteiger partial charge in [0.05, 0.1) is 6.33 Å². The van der Waals surface area contributed by atoms with E-state index in [0.29, 0.717) is 12.2 Å². The number of benzene rings is 1. The highest BCUT2D eigenvalue weighted by Gasteiger charge is 2.02. The van der Waals surface area contributed by atoms with Crippen LogP contribution in [0.4, 0.5) is 0 Å². The first-order valence-corrected chi connectivity index (χ1v) is 7.47. The van der Waals surface area contributed by atoms with Crippen molar-refractivity contribution in [2.45, 2.75) is 33.2 Å². The van der Waals surface area contributed by atoms with E-state index in [4.69, 9.17) is 4.74 Å². The fourth-order valence-electron chi connectivity index (χ4n) is 1.98. The first kappa shape index (κ1) is 15.9. The van der Waals surface area contributed by atoms with Gasteiger partial charge in [-0.25, -0.2) is 4.98 Å². The molecule has 0 saturated carbocycles. The summed E-state index contributed by atoms with van der Waals surface area (Å²) >= 11 is 0. The lowest BCUT2D eigenvalue weighted by molar-refractivity contribution is -0.134. The zero-order valence-electron chi connectivity index (χ0n) is 13.0. The summed E-state index contributed by atoms with van der Waals surface area (Å²) in [6, 6.07) is 7.45. The molecule has 0 bridgehead atoms. The van der Waals surface area contributed by atoms with Crippen LogP contribution in [0.15, 0.2) is 48.0 Å². The standard InChI is InChI=1S/C17H21N3O2/c1-3-17(21)22-16-7-5-15(6-8-16)14(2)19-9-4-11-20-12-10-18-13-20/h5-8,10,12-13H,3-4,9,11H2,1-2H3/b19-14+. The normalized spacial score (nSPS) is 11.5. The minimum atomic E-state index is -0.224. The van der Waals surface area contributed by atoms with Gasteiger partial charge in [-0.3, -0.25) is 9.79 Å². The number of nitrogens with zero attached hydrogens (tertiary/aromatic N) is 3. The number of carbonyl (C=O) groups is 1. The Hall–Kier alpha value is -2.43.